The molecule has 1 aromatic heterocycles. The second-order valence-corrected chi connectivity index (χ2v) is 8.66. The molecule has 1 aliphatic rings. The number of benzene rings is 1. The van der Waals surface area contributed by atoms with E-state index >= 15 is 0 Å². The van der Waals surface area contributed by atoms with Gasteiger partial charge in [-0.1, -0.05) is 12.1 Å². The van der Waals surface area contributed by atoms with E-state index in [0.29, 0.717) is 11.7 Å². The maximum absolute atomic E-state index is 13.3. The van der Waals surface area contributed by atoms with E-state index in [1.165, 1.54) is 18.2 Å². The molecule has 1 aliphatic heterocycles. The number of likely N-dealkylation sites (tertiary alicyclic amines) is 1. The largest absolute Gasteiger partial charge is 0.484 e. The lowest BCUT2D eigenvalue weighted by molar-refractivity contribution is -0.153. The summed E-state index contributed by atoms with van der Waals surface area (Å²) in [6.07, 6.45) is -1.63. The van der Waals surface area contributed by atoms with Crippen molar-refractivity contribution in [3.05, 3.63) is 59.7 Å². The molecule has 0 spiro atoms. The molecular weight excluding hydrogens is 452 g/mol. The highest BCUT2D eigenvalue weighted by Crippen LogP contribution is 2.21. The molecule has 3 rings (SSSR count). The average molecular weight is 483 g/mol. The van der Waals surface area contributed by atoms with Crippen LogP contribution < -0.4 is 10.1 Å². The van der Waals surface area contributed by atoms with Gasteiger partial charge in [0.25, 0.3) is 0 Å². The third-order valence-electron chi connectivity index (χ3n) is 5.82. The van der Waals surface area contributed by atoms with Crippen molar-refractivity contribution < 1.29 is 27.1 Å². The predicted octanol–water partition coefficient (Wildman–Crippen LogP) is 4.75. The third-order valence-corrected chi connectivity index (χ3v) is 5.82. The first-order valence-electron chi connectivity index (χ1n) is 11.3. The van der Waals surface area contributed by atoms with Crippen LogP contribution in [0.3, 0.4) is 0 Å². The third kappa shape index (κ3) is 7.86. The van der Waals surface area contributed by atoms with E-state index in [0.717, 1.165) is 37.7 Å². The fourth-order valence-electron chi connectivity index (χ4n) is 3.90. The van der Waals surface area contributed by atoms with E-state index < -0.39 is 18.6 Å². The number of amides is 2. The van der Waals surface area contributed by atoms with Crippen molar-refractivity contribution in [2.75, 3.05) is 19.7 Å². The number of piperidine rings is 1. The van der Waals surface area contributed by atoms with Gasteiger partial charge in [0.1, 0.15) is 11.6 Å². The van der Waals surface area contributed by atoms with Gasteiger partial charge in [-0.05, 0) is 56.5 Å². The number of nitrogens with zero attached hydrogens (tertiary/aromatic N) is 3. The van der Waals surface area contributed by atoms with Crippen molar-refractivity contribution in [3.8, 4) is 5.75 Å². The van der Waals surface area contributed by atoms with Crippen LogP contribution in [0.2, 0.25) is 0 Å². The molecule has 1 N–H and O–H groups in total. The van der Waals surface area contributed by atoms with E-state index in [2.05, 4.69) is 29.0 Å². The highest BCUT2D eigenvalue weighted by molar-refractivity contribution is 5.74. The summed E-state index contributed by atoms with van der Waals surface area (Å²) in [6.45, 7) is 5.15. The molecule has 1 fully saturated rings. The summed E-state index contributed by atoms with van der Waals surface area (Å²) in [7, 11) is 0. The molecule has 0 bridgehead atoms. The van der Waals surface area contributed by atoms with Crippen molar-refractivity contribution in [1.82, 2.24) is 20.1 Å². The van der Waals surface area contributed by atoms with E-state index in [1.54, 1.807) is 23.1 Å². The summed E-state index contributed by atoms with van der Waals surface area (Å²) in [5, 5.41) is 2.89. The van der Waals surface area contributed by atoms with E-state index in [9.17, 15) is 22.4 Å². The molecule has 34 heavy (non-hydrogen) atoms. The highest BCUT2D eigenvalue weighted by Gasteiger charge is 2.30. The molecule has 2 aromatic rings. The summed E-state index contributed by atoms with van der Waals surface area (Å²) in [6, 6.07) is 9.17. The maximum atomic E-state index is 13.3. The van der Waals surface area contributed by atoms with Gasteiger partial charge in [0.05, 0.1) is 18.4 Å². The summed E-state index contributed by atoms with van der Waals surface area (Å²) >= 11 is 0. The fraction of sp³-hybridized carbons (Fsp3) is 0.500. The Kier molecular flexibility index (Phi) is 8.71. The van der Waals surface area contributed by atoms with Crippen LogP contribution in [-0.4, -0.2) is 58.8 Å². The number of alkyl halides is 3. The number of rotatable bonds is 8. The summed E-state index contributed by atoms with van der Waals surface area (Å²) in [5.74, 6) is -0.332. The van der Waals surface area contributed by atoms with Gasteiger partial charge in [-0.25, -0.2) is 9.18 Å². The van der Waals surface area contributed by atoms with Crippen LogP contribution in [0.5, 0.6) is 5.75 Å². The Hall–Kier alpha value is -2.88. The number of ether oxygens (including phenoxy) is 1. The van der Waals surface area contributed by atoms with Crippen LogP contribution >= 0.6 is 0 Å². The average Bonchev–Trinajstić information content (AvgIpc) is 2.81. The van der Waals surface area contributed by atoms with Gasteiger partial charge < -0.3 is 19.9 Å². The molecule has 6 nitrogen and oxygen atoms in total. The zero-order chi connectivity index (χ0) is 24.7. The number of carbonyl (C=O) groups is 1. The monoisotopic (exact) mass is 482 g/mol. The molecule has 10 heteroatoms. The van der Waals surface area contributed by atoms with Crippen LogP contribution in [-0.2, 0) is 13.1 Å². The molecule has 1 aromatic carbocycles. The number of pyridine rings is 1. The van der Waals surface area contributed by atoms with Gasteiger partial charge in [0, 0.05) is 31.7 Å². The number of halogens is 4. The molecule has 2 heterocycles. The quantitative estimate of drug-likeness (QED) is 0.552. The standard InChI is InChI=1S/C24H30F4N4O2/c1-17(2)31-11-9-21(10-12-31)32(15-20-6-5-19(25)14-29-20)23(33)30-13-18-3-7-22(8-4-18)34-16-24(26,27)28/h3-8,14,17,21H,9-13,15-16H2,1-2H3,(H,30,33). The number of nitrogens with one attached hydrogen (secondary N) is 1. The van der Waals surface area contributed by atoms with Crippen LogP contribution in [0, 0.1) is 5.82 Å². The van der Waals surface area contributed by atoms with Crippen molar-refractivity contribution in [2.45, 2.75) is 58.0 Å². The van der Waals surface area contributed by atoms with Crippen LogP contribution in [0.1, 0.15) is 37.9 Å². The zero-order valence-electron chi connectivity index (χ0n) is 19.3. The second kappa shape index (κ2) is 11.5. The number of carbonyl (C=O) groups excluding carboxylic acids is 1. The van der Waals surface area contributed by atoms with E-state index in [4.69, 9.17) is 4.74 Å². The summed E-state index contributed by atoms with van der Waals surface area (Å²) in [5.41, 5.74) is 1.32. The number of aromatic nitrogens is 1. The Labute approximate surface area is 196 Å². The van der Waals surface area contributed by atoms with Crippen LogP contribution in [0.4, 0.5) is 22.4 Å². The van der Waals surface area contributed by atoms with E-state index in [1.807, 2.05) is 0 Å². The zero-order valence-corrected chi connectivity index (χ0v) is 19.3. The molecule has 2 amide bonds. The normalized spacial score (nSPS) is 15.4. The number of urea groups is 1. The summed E-state index contributed by atoms with van der Waals surface area (Å²) < 4.78 is 54.9. The lowest BCUT2D eigenvalue weighted by Crippen LogP contribution is -2.51. The number of hydrogen-bond donors (Lipinski definition) is 1. The molecule has 186 valence electrons. The van der Waals surface area contributed by atoms with Crippen LogP contribution in [0.25, 0.3) is 0 Å². The van der Waals surface area contributed by atoms with Crippen LogP contribution in [0.15, 0.2) is 42.6 Å². The minimum Gasteiger partial charge on any atom is -0.484 e. The molecular formula is C24H30F4N4O2. The smallest absolute Gasteiger partial charge is 0.422 e. The first-order chi connectivity index (χ1) is 16.1. The Bertz CT molecular complexity index is 912. The second-order valence-electron chi connectivity index (χ2n) is 8.66. The van der Waals surface area contributed by atoms with Gasteiger partial charge in [0.2, 0.25) is 0 Å². The molecule has 0 atom stereocenters. The lowest BCUT2D eigenvalue weighted by atomic mass is 10.0. The van der Waals surface area contributed by atoms with Gasteiger partial charge in [-0.2, -0.15) is 13.2 Å². The fourth-order valence-corrected chi connectivity index (χ4v) is 3.90. The molecule has 0 radical (unpaired) electrons. The van der Waals surface area contributed by atoms with Crippen molar-refractivity contribution >= 4 is 6.03 Å². The van der Waals surface area contributed by atoms with Crippen molar-refractivity contribution in [3.63, 3.8) is 0 Å². The Morgan fingerprint density at radius 1 is 1.18 bits per heavy atom. The Balaban J connectivity index is 1.62. The maximum Gasteiger partial charge on any atom is 0.422 e. The highest BCUT2D eigenvalue weighted by atomic mass is 19.4. The first-order valence-corrected chi connectivity index (χ1v) is 11.3. The SMILES string of the molecule is CC(C)N1CCC(N(Cc2ccc(F)cn2)C(=O)NCc2ccc(OCC(F)(F)F)cc2)CC1. The minimum atomic E-state index is -4.40. The lowest BCUT2D eigenvalue weighted by Gasteiger charge is -2.40. The molecule has 0 aliphatic carbocycles. The Morgan fingerprint density at radius 3 is 2.41 bits per heavy atom. The minimum absolute atomic E-state index is 0.0139. The van der Waals surface area contributed by atoms with E-state index in [-0.39, 0.29) is 30.9 Å². The predicted molar refractivity (Wildman–Crippen MR) is 120 cm³/mol. The number of hydrogen-bond acceptors (Lipinski definition) is 4. The Morgan fingerprint density at radius 2 is 1.85 bits per heavy atom. The molecule has 0 saturated carbocycles. The van der Waals surface area contributed by atoms with Gasteiger partial charge in [-0.15, -0.1) is 0 Å². The summed E-state index contributed by atoms with van der Waals surface area (Å²) in [4.78, 5) is 21.3. The topological polar surface area (TPSA) is 57.7 Å². The van der Waals surface area contributed by atoms with Crippen molar-refractivity contribution in [1.29, 1.82) is 0 Å². The van der Waals surface area contributed by atoms with Gasteiger partial charge in [-0.3, -0.25) is 4.98 Å². The molecule has 1 saturated heterocycles. The molecule has 0 unspecified atom stereocenters. The van der Waals surface area contributed by atoms with Gasteiger partial charge in [0.15, 0.2) is 6.61 Å². The first kappa shape index (κ1) is 25.7. The van der Waals surface area contributed by atoms with Gasteiger partial charge >= 0.3 is 12.2 Å². The van der Waals surface area contributed by atoms with Crippen molar-refractivity contribution in [2.24, 2.45) is 0 Å².